The van der Waals surface area contributed by atoms with E-state index in [2.05, 4.69) is 52.0 Å². The maximum absolute atomic E-state index is 3.88. The summed E-state index contributed by atoms with van der Waals surface area (Å²) >= 11 is 1.69. The molecule has 0 aliphatic heterocycles. The molecule has 0 unspecified atom stereocenters. The summed E-state index contributed by atoms with van der Waals surface area (Å²) in [5, 5.41) is 0. The Balaban J connectivity index is 0.000000640. The van der Waals surface area contributed by atoms with Crippen molar-refractivity contribution in [3.8, 4) is 0 Å². The van der Waals surface area contributed by atoms with E-state index in [-0.39, 0.29) is 30.2 Å². The van der Waals surface area contributed by atoms with E-state index >= 15 is 0 Å². The van der Waals surface area contributed by atoms with Gasteiger partial charge >= 0.3 is 59.5 Å². The van der Waals surface area contributed by atoms with Gasteiger partial charge in [-0.3, -0.25) is 0 Å². The summed E-state index contributed by atoms with van der Waals surface area (Å²) < 4.78 is 1.80. The first-order chi connectivity index (χ1) is 12.1. The number of allylic oxidation sites excluding steroid dienone is 8. The molecule has 0 heterocycles. The molecule has 0 atom stereocenters. The molecule has 1 saturated carbocycles. The molecule has 3 aliphatic carbocycles. The van der Waals surface area contributed by atoms with Crippen LogP contribution >= 0.6 is 0 Å². The van der Waals surface area contributed by atoms with Crippen LogP contribution in [0.2, 0.25) is 0 Å². The van der Waals surface area contributed by atoms with Gasteiger partial charge in [0.15, 0.2) is 0 Å². The van der Waals surface area contributed by atoms with Crippen molar-refractivity contribution >= 4 is 3.21 Å². The second-order valence-corrected chi connectivity index (χ2v) is 9.18. The molecule has 0 saturated heterocycles. The van der Waals surface area contributed by atoms with Crippen molar-refractivity contribution in [3.05, 3.63) is 46.6 Å². The zero-order chi connectivity index (χ0) is 18.3. The van der Waals surface area contributed by atoms with Crippen molar-refractivity contribution in [3.63, 3.8) is 0 Å². The summed E-state index contributed by atoms with van der Waals surface area (Å²) in [4.78, 5) is 0. The average Bonchev–Trinajstić information content (AvgIpc) is 3.28. The van der Waals surface area contributed by atoms with Crippen LogP contribution in [0.5, 0.6) is 0 Å². The molecule has 0 amide bonds. The molecular formula is C24H35Cl2Zr-. The van der Waals surface area contributed by atoms with Gasteiger partial charge in [0.25, 0.3) is 0 Å². The first-order valence-electron chi connectivity index (χ1n) is 10.4. The van der Waals surface area contributed by atoms with Gasteiger partial charge in [0.2, 0.25) is 0 Å². The molecule has 3 aliphatic rings. The Labute approximate surface area is 195 Å². The molecule has 3 heteroatoms. The standard InChI is InChI=1S/C18H25.C6H10.2ClH.Zr/c1-5-15-16(14-11-9-10-12-14)13-18(7-3,8-4)17(15)6-2;1-2-4-6-5-3-1;;;/h9-11H,5-8,12H2,1-4H3;1-5H2;2*1H;/q-1;;;;+2/p-2. The van der Waals surface area contributed by atoms with Crippen LogP contribution in [-0.2, 0) is 24.2 Å². The Morgan fingerprint density at radius 1 is 0.963 bits per heavy atom. The van der Waals surface area contributed by atoms with E-state index in [1.807, 2.05) is 0 Å². The molecule has 0 aromatic rings. The van der Waals surface area contributed by atoms with E-state index in [9.17, 15) is 0 Å². The molecule has 0 nitrogen and oxygen atoms in total. The Kier molecular flexibility index (Phi) is 13.7. The van der Waals surface area contributed by atoms with E-state index in [0.29, 0.717) is 0 Å². The Hall–Kier alpha value is 0.293. The van der Waals surface area contributed by atoms with Gasteiger partial charge in [0.05, 0.1) is 0 Å². The summed E-state index contributed by atoms with van der Waals surface area (Å²) in [6, 6.07) is 0. The predicted octanol–water partition coefficient (Wildman–Crippen LogP) is 1.22. The summed E-state index contributed by atoms with van der Waals surface area (Å²) in [7, 11) is 0. The fourth-order valence-electron chi connectivity index (χ4n) is 4.51. The average molecular weight is 486 g/mol. The zero-order valence-corrected chi connectivity index (χ0v) is 21.5. The van der Waals surface area contributed by atoms with Gasteiger partial charge in [0.1, 0.15) is 0 Å². The molecule has 3 rings (SSSR count). The van der Waals surface area contributed by atoms with Gasteiger partial charge in [-0.1, -0.05) is 70.9 Å². The van der Waals surface area contributed by atoms with Gasteiger partial charge in [-0.05, 0) is 6.42 Å². The Bertz CT molecular complexity index is 596. The minimum absolute atomic E-state index is 0. The maximum atomic E-state index is 3.88. The van der Waals surface area contributed by atoms with Gasteiger partial charge < -0.3 is 24.8 Å². The van der Waals surface area contributed by atoms with Crippen LogP contribution in [0.15, 0.2) is 40.5 Å². The van der Waals surface area contributed by atoms with E-state index < -0.39 is 0 Å². The van der Waals surface area contributed by atoms with Crippen LogP contribution in [-0.4, -0.2) is 3.21 Å². The number of halogens is 2. The van der Waals surface area contributed by atoms with E-state index in [4.69, 9.17) is 0 Å². The van der Waals surface area contributed by atoms with Crippen LogP contribution in [0.4, 0.5) is 0 Å². The van der Waals surface area contributed by atoms with Gasteiger partial charge in [-0.15, -0.1) is 22.8 Å². The Morgan fingerprint density at radius 3 is 1.96 bits per heavy atom. The fraction of sp³-hybridized carbons (Fsp3) is 0.625. The molecule has 0 radical (unpaired) electrons. The summed E-state index contributed by atoms with van der Waals surface area (Å²) in [6.45, 7) is 9.21. The third-order valence-corrected chi connectivity index (χ3v) is 7.30. The number of rotatable bonds is 5. The molecular weight excluding hydrogens is 450 g/mol. The molecule has 27 heavy (non-hydrogen) atoms. The first kappa shape index (κ1) is 27.3. The van der Waals surface area contributed by atoms with Crippen LogP contribution in [0.3, 0.4) is 0 Å². The first-order valence-corrected chi connectivity index (χ1v) is 11.6. The summed E-state index contributed by atoms with van der Waals surface area (Å²) in [6.07, 6.45) is 23.7. The van der Waals surface area contributed by atoms with Crippen molar-refractivity contribution in [2.24, 2.45) is 5.41 Å². The van der Waals surface area contributed by atoms with Crippen molar-refractivity contribution in [1.82, 2.24) is 0 Å². The quantitative estimate of drug-likeness (QED) is 0.514. The van der Waals surface area contributed by atoms with Crippen molar-refractivity contribution in [2.45, 2.75) is 91.9 Å². The predicted molar refractivity (Wildman–Crippen MR) is 107 cm³/mol. The van der Waals surface area contributed by atoms with Crippen molar-refractivity contribution < 1.29 is 49.0 Å². The molecule has 0 spiro atoms. The molecule has 0 N–H and O–H groups in total. The third-order valence-electron chi connectivity index (χ3n) is 6.07. The second-order valence-electron chi connectivity index (χ2n) is 7.44. The van der Waals surface area contributed by atoms with Crippen molar-refractivity contribution in [1.29, 1.82) is 0 Å². The van der Waals surface area contributed by atoms with E-state index in [1.54, 1.807) is 38.6 Å². The topological polar surface area (TPSA) is 0 Å². The van der Waals surface area contributed by atoms with Crippen molar-refractivity contribution in [2.75, 3.05) is 0 Å². The van der Waals surface area contributed by atoms with Crippen LogP contribution in [0.25, 0.3) is 0 Å². The fourth-order valence-corrected chi connectivity index (χ4v) is 5.38. The third kappa shape index (κ3) is 6.65. The van der Waals surface area contributed by atoms with Gasteiger partial charge in [0, 0.05) is 0 Å². The molecule has 150 valence electrons. The molecule has 0 aromatic heterocycles. The zero-order valence-electron chi connectivity index (χ0n) is 17.6. The summed E-state index contributed by atoms with van der Waals surface area (Å²) in [5.74, 6) is 0. The van der Waals surface area contributed by atoms with Gasteiger partial charge in [-0.2, -0.15) is 11.6 Å². The normalized spacial score (nSPS) is 20.3. The Morgan fingerprint density at radius 2 is 1.59 bits per heavy atom. The number of hydrogen-bond donors (Lipinski definition) is 0. The summed E-state index contributed by atoms with van der Waals surface area (Å²) in [5.41, 5.74) is 6.36. The molecule has 1 fully saturated rings. The SMILES string of the molecule is CCC1=C(CC)C(CC)(CC)[C-]=C1C1=CC=CC1.[Cl-].[Cl-].[Zr+2]=[C]1CCCCC1. The van der Waals surface area contributed by atoms with Crippen LogP contribution < -0.4 is 24.8 Å². The van der Waals surface area contributed by atoms with E-state index in [0.717, 1.165) is 12.8 Å². The van der Waals surface area contributed by atoms with Crippen LogP contribution in [0.1, 0.15) is 91.9 Å². The number of hydrogen-bond acceptors (Lipinski definition) is 0. The second kappa shape index (κ2) is 13.5. The van der Waals surface area contributed by atoms with E-state index in [1.165, 1.54) is 62.5 Å². The minimum atomic E-state index is 0. The van der Waals surface area contributed by atoms with Crippen LogP contribution in [0, 0.1) is 11.5 Å². The monoisotopic (exact) mass is 483 g/mol. The van der Waals surface area contributed by atoms with Gasteiger partial charge in [-0.25, -0.2) is 0 Å². The molecule has 0 bridgehead atoms. The molecule has 0 aromatic carbocycles.